The maximum atomic E-state index is 6.30. The lowest BCUT2D eigenvalue weighted by Gasteiger charge is -2.19. The lowest BCUT2D eigenvalue weighted by atomic mass is 10.0. The summed E-state index contributed by atoms with van der Waals surface area (Å²) in [5.41, 5.74) is 3.39. The number of halogens is 1. The van der Waals surface area contributed by atoms with E-state index < -0.39 is 0 Å². The molecule has 0 bridgehead atoms. The molecule has 0 aliphatic carbocycles. The Morgan fingerprint density at radius 2 is 2.10 bits per heavy atom. The van der Waals surface area contributed by atoms with E-state index in [0.29, 0.717) is 0 Å². The Hall–Kier alpha value is -0.970. The van der Waals surface area contributed by atoms with E-state index >= 15 is 0 Å². The van der Waals surface area contributed by atoms with Crippen molar-refractivity contribution in [2.45, 2.75) is 46.1 Å². The monoisotopic (exact) mass is 323 g/mol. The molecule has 1 atom stereocenters. The summed E-state index contributed by atoms with van der Waals surface area (Å²) in [6.07, 6.45) is 3.13. The van der Waals surface area contributed by atoms with Crippen LogP contribution in [0, 0.1) is 6.92 Å². The van der Waals surface area contributed by atoms with E-state index in [-0.39, 0.29) is 6.04 Å². The van der Waals surface area contributed by atoms with Crippen molar-refractivity contribution in [1.82, 2.24) is 14.9 Å². The van der Waals surface area contributed by atoms with Crippen molar-refractivity contribution in [2.24, 2.45) is 0 Å². The summed E-state index contributed by atoms with van der Waals surface area (Å²) in [4.78, 5) is 1.21. The maximum Gasteiger partial charge on any atom is 0.0807 e. The van der Waals surface area contributed by atoms with Gasteiger partial charge in [-0.15, -0.1) is 5.10 Å². The van der Waals surface area contributed by atoms with Gasteiger partial charge in [-0.3, -0.25) is 0 Å². The van der Waals surface area contributed by atoms with Crippen molar-refractivity contribution in [3.63, 3.8) is 0 Å². The first-order valence-corrected chi connectivity index (χ1v) is 8.63. The fourth-order valence-electron chi connectivity index (χ4n) is 2.28. The van der Waals surface area contributed by atoms with Crippen LogP contribution in [0.5, 0.6) is 0 Å². The SMILES string of the molecule is CCCNC(c1ccc(C)c(Cl)c1)c1snnc1CCC. The van der Waals surface area contributed by atoms with Gasteiger partial charge in [0, 0.05) is 5.02 Å². The van der Waals surface area contributed by atoms with Crippen LogP contribution in [0.1, 0.15) is 54.4 Å². The van der Waals surface area contributed by atoms with Gasteiger partial charge in [-0.25, -0.2) is 0 Å². The first-order valence-electron chi connectivity index (χ1n) is 7.47. The minimum atomic E-state index is 0.129. The first kappa shape index (κ1) is 16.4. The first-order chi connectivity index (χ1) is 10.2. The van der Waals surface area contributed by atoms with Crippen molar-refractivity contribution in [2.75, 3.05) is 6.54 Å². The zero-order valence-corrected chi connectivity index (χ0v) is 14.4. The van der Waals surface area contributed by atoms with E-state index in [4.69, 9.17) is 11.6 Å². The molecule has 5 heteroatoms. The van der Waals surface area contributed by atoms with Crippen LogP contribution in [0.4, 0.5) is 0 Å². The third-order valence-electron chi connectivity index (χ3n) is 3.46. The fraction of sp³-hybridized carbons (Fsp3) is 0.500. The average Bonchev–Trinajstić information content (AvgIpc) is 2.92. The van der Waals surface area contributed by atoms with Gasteiger partial charge in [0.25, 0.3) is 0 Å². The molecule has 1 heterocycles. The third-order valence-corrected chi connectivity index (χ3v) is 4.70. The van der Waals surface area contributed by atoms with Gasteiger partial charge in [-0.2, -0.15) is 0 Å². The van der Waals surface area contributed by atoms with E-state index in [9.17, 15) is 0 Å². The molecular formula is C16H22ClN3S. The normalized spacial score (nSPS) is 12.6. The molecule has 2 aromatic rings. The van der Waals surface area contributed by atoms with Gasteiger partial charge < -0.3 is 5.32 Å². The Bertz CT molecular complexity index is 583. The number of aromatic nitrogens is 2. The molecule has 1 aromatic heterocycles. The van der Waals surface area contributed by atoms with E-state index in [1.54, 1.807) is 0 Å². The molecule has 3 nitrogen and oxygen atoms in total. The van der Waals surface area contributed by atoms with Gasteiger partial charge in [0.2, 0.25) is 0 Å². The second kappa shape index (κ2) is 7.87. The minimum absolute atomic E-state index is 0.129. The Labute approximate surface area is 135 Å². The summed E-state index contributed by atoms with van der Waals surface area (Å²) in [5, 5.41) is 8.71. The molecule has 1 aromatic carbocycles. The standard InChI is InChI=1S/C16H22ClN3S/c1-4-6-14-16(21-20-19-14)15(18-9-5-2)12-8-7-11(3)13(17)10-12/h7-8,10,15,18H,4-6,9H2,1-3H3. The number of aryl methyl sites for hydroxylation is 2. The Morgan fingerprint density at radius 3 is 2.76 bits per heavy atom. The molecule has 114 valence electrons. The number of nitrogens with zero attached hydrogens (tertiary/aromatic N) is 2. The highest BCUT2D eigenvalue weighted by atomic mass is 35.5. The van der Waals surface area contributed by atoms with Crippen LogP contribution in [0.25, 0.3) is 0 Å². The molecule has 21 heavy (non-hydrogen) atoms. The van der Waals surface area contributed by atoms with E-state index in [0.717, 1.165) is 42.1 Å². The van der Waals surface area contributed by atoms with Gasteiger partial charge in [0.05, 0.1) is 16.6 Å². The van der Waals surface area contributed by atoms with Crippen molar-refractivity contribution >= 4 is 23.1 Å². The smallest absolute Gasteiger partial charge is 0.0807 e. The molecule has 0 spiro atoms. The number of nitrogens with one attached hydrogen (secondary N) is 1. The predicted molar refractivity (Wildman–Crippen MR) is 90.2 cm³/mol. The Morgan fingerprint density at radius 1 is 1.29 bits per heavy atom. The van der Waals surface area contributed by atoms with Crippen molar-refractivity contribution in [3.8, 4) is 0 Å². The van der Waals surface area contributed by atoms with E-state index in [1.165, 1.54) is 22.0 Å². The predicted octanol–water partition coefficient (Wildman–Crippen LogP) is 4.54. The number of hydrogen-bond acceptors (Lipinski definition) is 4. The van der Waals surface area contributed by atoms with Crippen LogP contribution < -0.4 is 5.32 Å². The second-order valence-electron chi connectivity index (χ2n) is 5.23. The third kappa shape index (κ3) is 4.02. The van der Waals surface area contributed by atoms with Crippen LogP contribution in [-0.2, 0) is 6.42 Å². The molecule has 0 saturated heterocycles. The molecule has 0 saturated carbocycles. The van der Waals surface area contributed by atoms with Gasteiger partial charge in [-0.05, 0) is 55.0 Å². The molecule has 1 N–H and O–H groups in total. The molecule has 0 aliphatic heterocycles. The highest BCUT2D eigenvalue weighted by molar-refractivity contribution is 7.05. The average molecular weight is 324 g/mol. The van der Waals surface area contributed by atoms with Crippen molar-refractivity contribution in [3.05, 3.63) is 44.9 Å². The lowest BCUT2D eigenvalue weighted by molar-refractivity contribution is 0.599. The number of rotatable bonds is 7. The fourth-order valence-corrected chi connectivity index (χ4v) is 3.27. The Kier molecular flexibility index (Phi) is 6.15. The molecule has 0 fully saturated rings. The molecular weight excluding hydrogens is 302 g/mol. The summed E-state index contributed by atoms with van der Waals surface area (Å²) in [6, 6.07) is 6.40. The quantitative estimate of drug-likeness (QED) is 0.812. The number of benzene rings is 1. The van der Waals surface area contributed by atoms with E-state index in [1.807, 2.05) is 6.92 Å². The summed E-state index contributed by atoms with van der Waals surface area (Å²) < 4.78 is 4.15. The largest absolute Gasteiger partial charge is 0.305 e. The van der Waals surface area contributed by atoms with Crippen LogP contribution in [0.2, 0.25) is 5.02 Å². The van der Waals surface area contributed by atoms with Crippen molar-refractivity contribution in [1.29, 1.82) is 0 Å². The molecule has 2 rings (SSSR count). The van der Waals surface area contributed by atoms with Crippen LogP contribution in [-0.4, -0.2) is 16.1 Å². The summed E-state index contributed by atoms with van der Waals surface area (Å²) >= 11 is 7.78. The maximum absolute atomic E-state index is 6.30. The number of hydrogen-bond donors (Lipinski definition) is 1. The van der Waals surface area contributed by atoms with E-state index in [2.05, 4.69) is 47.0 Å². The zero-order chi connectivity index (χ0) is 15.2. The van der Waals surface area contributed by atoms with Gasteiger partial charge >= 0.3 is 0 Å². The lowest BCUT2D eigenvalue weighted by Crippen LogP contribution is -2.23. The Balaban J connectivity index is 2.37. The van der Waals surface area contributed by atoms with Crippen LogP contribution in [0.3, 0.4) is 0 Å². The highest BCUT2D eigenvalue weighted by Crippen LogP contribution is 2.30. The van der Waals surface area contributed by atoms with Gasteiger partial charge in [0.1, 0.15) is 0 Å². The van der Waals surface area contributed by atoms with Crippen LogP contribution >= 0.6 is 23.1 Å². The second-order valence-corrected chi connectivity index (χ2v) is 6.42. The topological polar surface area (TPSA) is 37.8 Å². The van der Waals surface area contributed by atoms with Gasteiger partial charge in [0.15, 0.2) is 0 Å². The minimum Gasteiger partial charge on any atom is -0.305 e. The van der Waals surface area contributed by atoms with Gasteiger partial charge in [-0.1, -0.05) is 48.5 Å². The van der Waals surface area contributed by atoms with Crippen molar-refractivity contribution < 1.29 is 0 Å². The molecule has 0 aliphatic rings. The summed E-state index contributed by atoms with van der Waals surface area (Å²) in [6.45, 7) is 7.32. The summed E-state index contributed by atoms with van der Waals surface area (Å²) in [5.74, 6) is 0. The van der Waals surface area contributed by atoms with Crippen LogP contribution in [0.15, 0.2) is 18.2 Å². The molecule has 0 radical (unpaired) electrons. The zero-order valence-electron chi connectivity index (χ0n) is 12.8. The highest BCUT2D eigenvalue weighted by Gasteiger charge is 2.20. The summed E-state index contributed by atoms with van der Waals surface area (Å²) in [7, 11) is 0. The molecule has 0 amide bonds. The molecule has 1 unspecified atom stereocenters.